The lowest BCUT2D eigenvalue weighted by Crippen LogP contribution is -2.25. The summed E-state index contributed by atoms with van der Waals surface area (Å²) in [5.74, 6) is 0. The van der Waals surface area contributed by atoms with E-state index in [0.717, 1.165) is 4.88 Å². The van der Waals surface area contributed by atoms with E-state index in [0.29, 0.717) is 22.9 Å². The standard InChI is InChI=1S/C13H14ClNO3S2/c14-13-5-4-11(19-13)6-7-15-20(17,18)12-3-1-2-10(8-12)9-16/h1-5,8,15-16H,6-7,9H2. The maximum absolute atomic E-state index is 12.1. The third-order valence-corrected chi connectivity index (χ3v) is 5.43. The molecular weight excluding hydrogens is 318 g/mol. The number of aliphatic hydroxyl groups is 1. The van der Waals surface area contributed by atoms with E-state index in [1.165, 1.54) is 23.5 Å². The third kappa shape index (κ3) is 4.04. The molecular formula is C13H14ClNO3S2. The van der Waals surface area contributed by atoms with Gasteiger partial charge in [-0.15, -0.1) is 11.3 Å². The Balaban J connectivity index is 2.00. The van der Waals surface area contributed by atoms with Crippen molar-refractivity contribution < 1.29 is 13.5 Å². The van der Waals surface area contributed by atoms with Crippen LogP contribution in [-0.4, -0.2) is 20.1 Å². The van der Waals surface area contributed by atoms with Crippen molar-refractivity contribution >= 4 is 33.0 Å². The van der Waals surface area contributed by atoms with Crippen LogP contribution in [0.1, 0.15) is 10.4 Å². The van der Waals surface area contributed by atoms with Gasteiger partial charge in [0.15, 0.2) is 0 Å². The minimum absolute atomic E-state index is 0.160. The monoisotopic (exact) mass is 331 g/mol. The van der Waals surface area contributed by atoms with Crippen LogP contribution in [0.4, 0.5) is 0 Å². The second kappa shape index (κ2) is 6.69. The van der Waals surface area contributed by atoms with E-state index in [1.807, 2.05) is 6.07 Å². The first kappa shape index (κ1) is 15.5. The van der Waals surface area contributed by atoms with Crippen LogP contribution in [0, 0.1) is 0 Å². The summed E-state index contributed by atoms with van der Waals surface area (Å²) in [7, 11) is -3.55. The van der Waals surface area contributed by atoms with Crippen LogP contribution in [0.3, 0.4) is 0 Å². The fourth-order valence-corrected chi connectivity index (χ4v) is 3.88. The summed E-state index contributed by atoms with van der Waals surface area (Å²) in [4.78, 5) is 1.19. The zero-order valence-corrected chi connectivity index (χ0v) is 12.9. The molecule has 0 bridgehead atoms. The fraction of sp³-hybridized carbons (Fsp3) is 0.231. The second-order valence-electron chi connectivity index (χ2n) is 4.16. The summed E-state index contributed by atoms with van der Waals surface area (Å²) in [5.41, 5.74) is 0.568. The number of hydrogen-bond acceptors (Lipinski definition) is 4. The van der Waals surface area contributed by atoms with E-state index in [4.69, 9.17) is 16.7 Å². The SMILES string of the molecule is O=S(=O)(NCCc1ccc(Cl)s1)c1cccc(CO)c1. The highest BCUT2D eigenvalue weighted by atomic mass is 35.5. The third-order valence-electron chi connectivity index (χ3n) is 2.68. The highest BCUT2D eigenvalue weighted by Gasteiger charge is 2.13. The molecule has 0 spiro atoms. The molecule has 108 valence electrons. The molecule has 0 radical (unpaired) electrons. The molecule has 1 heterocycles. The predicted octanol–water partition coefficient (Wildman–Crippen LogP) is 2.41. The number of nitrogens with one attached hydrogen (secondary N) is 1. The molecule has 2 aromatic rings. The fourth-order valence-electron chi connectivity index (χ4n) is 1.69. The first-order valence-electron chi connectivity index (χ1n) is 5.95. The predicted molar refractivity (Wildman–Crippen MR) is 80.6 cm³/mol. The van der Waals surface area contributed by atoms with Crippen LogP contribution in [0.25, 0.3) is 0 Å². The smallest absolute Gasteiger partial charge is 0.240 e. The largest absolute Gasteiger partial charge is 0.392 e. The van der Waals surface area contributed by atoms with Crippen molar-refractivity contribution in [3.05, 3.63) is 51.2 Å². The maximum Gasteiger partial charge on any atom is 0.240 e. The number of rotatable bonds is 6. The maximum atomic E-state index is 12.1. The van der Waals surface area contributed by atoms with Gasteiger partial charge < -0.3 is 5.11 Å². The van der Waals surface area contributed by atoms with Gasteiger partial charge in [0.25, 0.3) is 0 Å². The zero-order chi connectivity index (χ0) is 14.6. The van der Waals surface area contributed by atoms with Gasteiger partial charge in [0, 0.05) is 11.4 Å². The van der Waals surface area contributed by atoms with Crippen molar-refractivity contribution in [2.45, 2.75) is 17.9 Å². The first-order chi connectivity index (χ1) is 9.51. The van der Waals surface area contributed by atoms with Crippen molar-refractivity contribution in [1.82, 2.24) is 4.72 Å². The van der Waals surface area contributed by atoms with E-state index >= 15 is 0 Å². The van der Waals surface area contributed by atoms with Gasteiger partial charge in [0.1, 0.15) is 0 Å². The summed E-state index contributed by atoms with van der Waals surface area (Å²) in [6.45, 7) is 0.125. The lowest BCUT2D eigenvalue weighted by Gasteiger charge is -2.07. The van der Waals surface area contributed by atoms with Gasteiger partial charge in [0.05, 0.1) is 15.8 Å². The van der Waals surface area contributed by atoms with Gasteiger partial charge in [-0.05, 0) is 36.2 Å². The van der Waals surface area contributed by atoms with Crippen LogP contribution in [0.2, 0.25) is 4.34 Å². The highest BCUT2D eigenvalue weighted by molar-refractivity contribution is 7.89. The van der Waals surface area contributed by atoms with Crippen molar-refractivity contribution in [2.75, 3.05) is 6.54 Å². The Labute approximate surface area is 127 Å². The Morgan fingerprint density at radius 1 is 1.25 bits per heavy atom. The first-order valence-corrected chi connectivity index (χ1v) is 8.63. The zero-order valence-electron chi connectivity index (χ0n) is 10.5. The molecule has 0 unspecified atom stereocenters. The number of halogens is 1. The van der Waals surface area contributed by atoms with Crippen molar-refractivity contribution in [2.24, 2.45) is 0 Å². The van der Waals surface area contributed by atoms with E-state index in [1.54, 1.807) is 18.2 Å². The van der Waals surface area contributed by atoms with Gasteiger partial charge >= 0.3 is 0 Å². The van der Waals surface area contributed by atoms with E-state index in [2.05, 4.69) is 4.72 Å². The summed E-state index contributed by atoms with van der Waals surface area (Å²) in [6.07, 6.45) is 0.594. The average Bonchev–Trinajstić information content (AvgIpc) is 2.84. The Morgan fingerprint density at radius 2 is 2.05 bits per heavy atom. The molecule has 0 saturated carbocycles. The molecule has 4 nitrogen and oxygen atoms in total. The molecule has 2 N–H and O–H groups in total. The summed E-state index contributed by atoms with van der Waals surface area (Å²) >= 11 is 7.25. The van der Waals surface area contributed by atoms with Gasteiger partial charge in [-0.25, -0.2) is 13.1 Å². The number of benzene rings is 1. The molecule has 0 saturated heterocycles. The van der Waals surface area contributed by atoms with Crippen LogP contribution >= 0.6 is 22.9 Å². The molecule has 20 heavy (non-hydrogen) atoms. The molecule has 2 rings (SSSR count). The molecule has 1 aromatic heterocycles. The highest BCUT2D eigenvalue weighted by Crippen LogP contribution is 2.21. The lowest BCUT2D eigenvalue weighted by molar-refractivity contribution is 0.281. The summed E-state index contributed by atoms with van der Waals surface area (Å²) in [6, 6.07) is 9.92. The topological polar surface area (TPSA) is 66.4 Å². The quantitative estimate of drug-likeness (QED) is 0.854. The van der Waals surface area contributed by atoms with Crippen molar-refractivity contribution in [3.63, 3.8) is 0 Å². The Kier molecular flexibility index (Phi) is 5.17. The van der Waals surface area contributed by atoms with Crippen molar-refractivity contribution in [1.29, 1.82) is 0 Å². The molecule has 0 amide bonds. The Bertz CT molecular complexity index is 682. The number of hydrogen-bond donors (Lipinski definition) is 2. The van der Waals surface area contributed by atoms with Crippen LogP contribution in [0.15, 0.2) is 41.3 Å². The van der Waals surface area contributed by atoms with Crippen LogP contribution in [0.5, 0.6) is 0 Å². The lowest BCUT2D eigenvalue weighted by atomic mass is 10.2. The van der Waals surface area contributed by atoms with E-state index in [-0.39, 0.29) is 11.5 Å². The van der Waals surface area contributed by atoms with Gasteiger partial charge in [-0.3, -0.25) is 0 Å². The van der Waals surface area contributed by atoms with Gasteiger partial charge in [-0.1, -0.05) is 23.7 Å². The number of thiophene rings is 1. The van der Waals surface area contributed by atoms with E-state index < -0.39 is 10.0 Å². The van der Waals surface area contributed by atoms with Crippen molar-refractivity contribution in [3.8, 4) is 0 Å². The number of aliphatic hydroxyl groups excluding tert-OH is 1. The molecule has 0 aliphatic carbocycles. The molecule has 0 aliphatic rings. The van der Waals surface area contributed by atoms with Gasteiger partial charge in [0.2, 0.25) is 10.0 Å². The molecule has 7 heteroatoms. The van der Waals surface area contributed by atoms with E-state index in [9.17, 15) is 8.42 Å². The molecule has 1 aromatic carbocycles. The van der Waals surface area contributed by atoms with Crippen LogP contribution in [-0.2, 0) is 23.1 Å². The Hall–Kier alpha value is -0.920. The van der Waals surface area contributed by atoms with Crippen LogP contribution < -0.4 is 4.72 Å². The normalized spacial score (nSPS) is 11.7. The minimum atomic E-state index is -3.55. The second-order valence-corrected chi connectivity index (χ2v) is 7.73. The number of sulfonamides is 1. The molecule has 0 fully saturated rings. The molecule has 0 aliphatic heterocycles. The van der Waals surface area contributed by atoms with Gasteiger partial charge in [-0.2, -0.15) is 0 Å². The summed E-state index contributed by atoms with van der Waals surface area (Å²) < 4.78 is 27.4. The minimum Gasteiger partial charge on any atom is -0.392 e. The Morgan fingerprint density at radius 3 is 2.70 bits per heavy atom. The molecule has 0 atom stereocenters. The summed E-state index contributed by atoms with van der Waals surface area (Å²) in [5, 5.41) is 9.03. The average molecular weight is 332 g/mol.